The highest BCUT2D eigenvalue weighted by molar-refractivity contribution is 9.10. The maximum absolute atomic E-state index is 5.41. The topological polar surface area (TPSA) is 9.23 Å². The molecule has 0 aliphatic heterocycles. The van der Waals surface area contributed by atoms with Crippen molar-refractivity contribution in [1.29, 1.82) is 0 Å². The number of methoxy groups -OCH3 is 1. The summed E-state index contributed by atoms with van der Waals surface area (Å²) in [5, 5.41) is 4.77. The molecule has 17 heavy (non-hydrogen) atoms. The largest absolute Gasteiger partial charge is 0.496 e. The van der Waals surface area contributed by atoms with Gasteiger partial charge in [-0.05, 0) is 38.8 Å². The Morgan fingerprint density at radius 1 is 0.882 bits per heavy atom. The summed E-state index contributed by atoms with van der Waals surface area (Å²) in [7, 11) is 1.71. The molecule has 84 valence electrons. The van der Waals surface area contributed by atoms with Crippen LogP contribution < -0.4 is 4.74 Å². The summed E-state index contributed by atoms with van der Waals surface area (Å²) in [6, 6.07) is 16.6. The van der Waals surface area contributed by atoms with E-state index in [-0.39, 0.29) is 0 Å². The lowest BCUT2D eigenvalue weighted by molar-refractivity contribution is 0.420. The van der Waals surface area contributed by atoms with Gasteiger partial charge < -0.3 is 4.74 Å². The van der Waals surface area contributed by atoms with Crippen LogP contribution in [-0.4, -0.2) is 7.11 Å². The maximum atomic E-state index is 5.41. The van der Waals surface area contributed by atoms with Crippen LogP contribution in [0, 0.1) is 0 Å². The van der Waals surface area contributed by atoms with Crippen LogP contribution in [0.1, 0.15) is 0 Å². The highest BCUT2D eigenvalue weighted by Crippen LogP contribution is 2.36. The molecule has 0 N–H and O–H groups in total. The zero-order valence-electron chi connectivity index (χ0n) is 9.41. The minimum atomic E-state index is 0.911. The fraction of sp³-hybridized carbons (Fsp3) is 0.0667. The molecule has 0 bridgehead atoms. The van der Waals surface area contributed by atoms with Crippen LogP contribution in [0.25, 0.3) is 21.5 Å². The number of benzene rings is 3. The maximum Gasteiger partial charge on any atom is 0.126 e. The molecular formula is C15H11BrO. The van der Waals surface area contributed by atoms with E-state index in [4.69, 9.17) is 4.74 Å². The van der Waals surface area contributed by atoms with Gasteiger partial charge in [-0.1, -0.05) is 36.4 Å². The standard InChI is InChI=1S/C15H11BrO/c1-17-14-8-4-7-12-13(14)9-10-5-2-3-6-11(10)15(12)16/h2-9H,1H3. The monoisotopic (exact) mass is 286 g/mol. The first kappa shape index (κ1) is 10.6. The van der Waals surface area contributed by atoms with Crippen molar-refractivity contribution in [2.45, 2.75) is 0 Å². The van der Waals surface area contributed by atoms with Gasteiger partial charge in [-0.2, -0.15) is 0 Å². The second kappa shape index (κ2) is 4.04. The van der Waals surface area contributed by atoms with Gasteiger partial charge in [-0.15, -0.1) is 0 Å². The minimum Gasteiger partial charge on any atom is -0.496 e. The zero-order valence-corrected chi connectivity index (χ0v) is 11.0. The Labute approximate surface area is 108 Å². The summed E-state index contributed by atoms with van der Waals surface area (Å²) in [4.78, 5) is 0. The van der Waals surface area contributed by atoms with Crippen molar-refractivity contribution in [3.8, 4) is 5.75 Å². The second-order valence-corrected chi connectivity index (χ2v) is 4.76. The van der Waals surface area contributed by atoms with E-state index in [1.807, 2.05) is 12.1 Å². The van der Waals surface area contributed by atoms with E-state index in [0.29, 0.717) is 0 Å². The molecule has 1 nitrogen and oxygen atoms in total. The third-order valence-electron chi connectivity index (χ3n) is 3.02. The molecule has 0 radical (unpaired) electrons. The number of hydrogen-bond acceptors (Lipinski definition) is 1. The molecule has 0 aliphatic rings. The first-order valence-corrected chi connectivity index (χ1v) is 6.24. The van der Waals surface area contributed by atoms with E-state index in [1.165, 1.54) is 16.2 Å². The lowest BCUT2D eigenvalue weighted by atomic mass is 10.0. The van der Waals surface area contributed by atoms with Crippen molar-refractivity contribution in [1.82, 2.24) is 0 Å². The Balaban J connectivity index is 2.54. The van der Waals surface area contributed by atoms with E-state index in [9.17, 15) is 0 Å². The van der Waals surface area contributed by atoms with Crippen molar-refractivity contribution in [3.63, 3.8) is 0 Å². The summed E-state index contributed by atoms with van der Waals surface area (Å²) < 4.78 is 6.54. The van der Waals surface area contributed by atoms with Gasteiger partial charge in [-0.25, -0.2) is 0 Å². The lowest BCUT2D eigenvalue weighted by Crippen LogP contribution is -1.86. The SMILES string of the molecule is COc1cccc2c(Br)c3ccccc3cc12. The van der Waals surface area contributed by atoms with E-state index in [1.54, 1.807) is 7.11 Å². The number of ether oxygens (including phenoxy) is 1. The molecule has 0 saturated heterocycles. The van der Waals surface area contributed by atoms with Crippen LogP contribution in [0.4, 0.5) is 0 Å². The van der Waals surface area contributed by atoms with Crippen LogP contribution >= 0.6 is 15.9 Å². The number of hydrogen-bond donors (Lipinski definition) is 0. The van der Waals surface area contributed by atoms with Crippen LogP contribution in [0.15, 0.2) is 53.0 Å². The fourth-order valence-electron chi connectivity index (χ4n) is 2.19. The van der Waals surface area contributed by atoms with E-state index < -0.39 is 0 Å². The molecule has 2 heteroatoms. The highest BCUT2D eigenvalue weighted by Gasteiger charge is 2.07. The molecule has 0 aromatic heterocycles. The zero-order chi connectivity index (χ0) is 11.8. The summed E-state index contributed by atoms with van der Waals surface area (Å²) in [5.41, 5.74) is 0. The average Bonchev–Trinajstić information content (AvgIpc) is 2.38. The van der Waals surface area contributed by atoms with E-state index in [2.05, 4.69) is 52.3 Å². The van der Waals surface area contributed by atoms with Gasteiger partial charge in [0.05, 0.1) is 7.11 Å². The molecule has 0 aliphatic carbocycles. The predicted octanol–water partition coefficient (Wildman–Crippen LogP) is 4.76. The first-order valence-electron chi connectivity index (χ1n) is 5.45. The Morgan fingerprint density at radius 2 is 1.65 bits per heavy atom. The molecular weight excluding hydrogens is 276 g/mol. The van der Waals surface area contributed by atoms with Crippen molar-refractivity contribution in [2.24, 2.45) is 0 Å². The van der Waals surface area contributed by atoms with Crippen LogP contribution in [0.2, 0.25) is 0 Å². The fourth-order valence-corrected chi connectivity index (χ4v) is 2.89. The molecule has 0 spiro atoms. The van der Waals surface area contributed by atoms with E-state index >= 15 is 0 Å². The highest BCUT2D eigenvalue weighted by atomic mass is 79.9. The third kappa shape index (κ3) is 1.60. The molecule has 0 fully saturated rings. The van der Waals surface area contributed by atoms with Gasteiger partial charge in [0.25, 0.3) is 0 Å². The number of rotatable bonds is 1. The summed E-state index contributed by atoms with van der Waals surface area (Å²) in [6.07, 6.45) is 0. The quantitative estimate of drug-likeness (QED) is 0.586. The van der Waals surface area contributed by atoms with Gasteiger partial charge in [0.1, 0.15) is 5.75 Å². The molecule has 0 saturated carbocycles. The summed E-state index contributed by atoms with van der Waals surface area (Å²) >= 11 is 3.69. The smallest absolute Gasteiger partial charge is 0.126 e. The Hall–Kier alpha value is -1.54. The number of fused-ring (bicyclic) bond motifs is 2. The Bertz CT molecular complexity index is 704. The molecule has 3 aromatic carbocycles. The Morgan fingerprint density at radius 3 is 2.47 bits per heavy atom. The second-order valence-electron chi connectivity index (χ2n) is 3.97. The van der Waals surface area contributed by atoms with Crippen molar-refractivity contribution < 1.29 is 4.74 Å². The van der Waals surface area contributed by atoms with Crippen LogP contribution in [0.3, 0.4) is 0 Å². The Kier molecular flexibility index (Phi) is 2.52. The minimum absolute atomic E-state index is 0.911. The van der Waals surface area contributed by atoms with Gasteiger partial charge in [0.15, 0.2) is 0 Å². The predicted molar refractivity (Wildman–Crippen MR) is 75.7 cm³/mol. The average molecular weight is 287 g/mol. The summed E-state index contributed by atoms with van der Waals surface area (Å²) in [5.74, 6) is 0.911. The molecule has 3 aromatic rings. The van der Waals surface area contributed by atoms with Crippen molar-refractivity contribution in [3.05, 3.63) is 53.0 Å². The van der Waals surface area contributed by atoms with Gasteiger partial charge >= 0.3 is 0 Å². The first-order chi connectivity index (χ1) is 8.31. The molecule has 0 heterocycles. The molecule has 3 rings (SSSR count). The van der Waals surface area contributed by atoms with Crippen LogP contribution in [-0.2, 0) is 0 Å². The molecule has 0 unspecified atom stereocenters. The summed E-state index contributed by atoms with van der Waals surface area (Å²) in [6.45, 7) is 0. The molecule has 0 amide bonds. The third-order valence-corrected chi connectivity index (χ3v) is 3.87. The molecule has 0 atom stereocenters. The van der Waals surface area contributed by atoms with Crippen molar-refractivity contribution in [2.75, 3.05) is 7.11 Å². The lowest BCUT2D eigenvalue weighted by Gasteiger charge is -2.09. The number of halogens is 1. The van der Waals surface area contributed by atoms with Gasteiger partial charge in [-0.3, -0.25) is 0 Å². The van der Waals surface area contributed by atoms with Gasteiger partial charge in [0, 0.05) is 15.2 Å². The van der Waals surface area contributed by atoms with Gasteiger partial charge in [0.2, 0.25) is 0 Å². The van der Waals surface area contributed by atoms with Crippen LogP contribution in [0.5, 0.6) is 5.75 Å². The van der Waals surface area contributed by atoms with Crippen molar-refractivity contribution >= 4 is 37.5 Å². The van der Waals surface area contributed by atoms with E-state index in [0.717, 1.165) is 15.6 Å². The normalized spacial score (nSPS) is 10.9.